The second-order valence-electron chi connectivity index (χ2n) is 10.1. The summed E-state index contributed by atoms with van der Waals surface area (Å²) in [5.41, 5.74) is 3.45. The number of hydrogen-bond acceptors (Lipinski definition) is 5. The third-order valence-electron chi connectivity index (χ3n) is 6.22. The van der Waals surface area contributed by atoms with Crippen molar-refractivity contribution in [3.63, 3.8) is 0 Å². The number of rotatable bonds is 5. The van der Waals surface area contributed by atoms with Crippen molar-refractivity contribution in [3.05, 3.63) is 71.5 Å². The second-order valence-corrected chi connectivity index (χ2v) is 10.1. The Bertz CT molecular complexity index is 1220. The van der Waals surface area contributed by atoms with Crippen LogP contribution in [0.4, 0.5) is 10.5 Å². The van der Waals surface area contributed by atoms with E-state index in [1.807, 2.05) is 68.8 Å². The van der Waals surface area contributed by atoms with E-state index >= 15 is 0 Å². The summed E-state index contributed by atoms with van der Waals surface area (Å²) in [5.74, 6) is 0.386. The van der Waals surface area contributed by atoms with Crippen LogP contribution >= 0.6 is 0 Å². The monoisotopic (exact) mass is 490 g/mol. The average molecular weight is 491 g/mol. The molecule has 8 nitrogen and oxygen atoms in total. The van der Waals surface area contributed by atoms with Gasteiger partial charge in [-0.05, 0) is 64.8 Å². The normalized spacial score (nSPS) is 14.4. The molecular weight excluding hydrogens is 456 g/mol. The number of carbonyl (C=O) groups is 2. The summed E-state index contributed by atoms with van der Waals surface area (Å²) >= 11 is 0. The van der Waals surface area contributed by atoms with Crippen molar-refractivity contribution in [1.82, 2.24) is 14.7 Å². The Balaban J connectivity index is 1.62. The van der Waals surface area contributed by atoms with Crippen LogP contribution < -0.4 is 10.1 Å². The molecule has 1 saturated heterocycles. The van der Waals surface area contributed by atoms with Gasteiger partial charge in [-0.25, -0.2) is 9.48 Å². The minimum atomic E-state index is -0.540. The highest BCUT2D eigenvalue weighted by molar-refractivity contribution is 6.05. The number of para-hydroxylation sites is 2. The molecule has 0 bridgehead atoms. The molecule has 1 aromatic heterocycles. The molecule has 8 heteroatoms. The molecule has 2 amide bonds. The molecule has 1 N–H and O–H groups in total. The highest BCUT2D eigenvalue weighted by Gasteiger charge is 2.32. The number of nitrogens with zero attached hydrogens (tertiary/aromatic N) is 3. The molecule has 0 saturated carbocycles. The minimum absolute atomic E-state index is 0.0471. The lowest BCUT2D eigenvalue weighted by Gasteiger charge is -2.34. The molecule has 1 aliphatic heterocycles. The number of benzene rings is 2. The van der Waals surface area contributed by atoms with Crippen molar-refractivity contribution in [2.75, 3.05) is 25.5 Å². The Morgan fingerprint density at radius 1 is 1.03 bits per heavy atom. The summed E-state index contributed by atoms with van der Waals surface area (Å²) in [6.07, 6.45) is 2.72. The van der Waals surface area contributed by atoms with Crippen LogP contribution in [0, 0.1) is 6.92 Å². The van der Waals surface area contributed by atoms with Gasteiger partial charge in [-0.2, -0.15) is 5.10 Å². The first-order valence-corrected chi connectivity index (χ1v) is 12.2. The average Bonchev–Trinajstić information content (AvgIpc) is 3.29. The van der Waals surface area contributed by atoms with Gasteiger partial charge in [0.2, 0.25) is 0 Å². The van der Waals surface area contributed by atoms with Crippen molar-refractivity contribution in [1.29, 1.82) is 0 Å². The first-order chi connectivity index (χ1) is 17.2. The number of carbonyl (C=O) groups excluding carboxylic acids is 2. The fourth-order valence-electron chi connectivity index (χ4n) is 4.42. The van der Waals surface area contributed by atoms with E-state index in [1.54, 1.807) is 30.3 Å². The van der Waals surface area contributed by atoms with Crippen LogP contribution in [0.15, 0.2) is 54.7 Å². The van der Waals surface area contributed by atoms with E-state index < -0.39 is 5.60 Å². The van der Waals surface area contributed by atoms with Crippen molar-refractivity contribution >= 4 is 17.7 Å². The third-order valence-corrected chi connectivity index (χ3v) is 6.22. The van der Waals surface area contributed by atoms with Gasteiger partial charge >= 0.3 is 6.09 Å². The number of hydrogen-bond donors (Lipinski definition) is 1. The number of ether oxygens (including phenoxy) is 2. The van der Waals surface area contributed by atoms with E-state index in [2.05, 4.69) is 10.4 Å². The Kier molecular flexibility index (Phi) is 7.33. The summed E-state index contributed by atoms with van der Waals surface area (Å²) in [6, 6.07) is 15.4. The third kappa shape index (κ3) is 5.70. The van der Waals surface area contributed by atoms with Crippen LogP contribution in [0.5, 0.6) is 5.75 Å². The van der Waals surface area contributed by atoms with E-state index in [4.69, 9.17) is 9.47 Å². The predicted molar refractivity (Wildman–Crippen MR) is 139 cm³/mol. The first kappa shape index (κ1) is 25.3. The fraction of sp³-hybridized carbons (Fsp3) is 0.393. The quantitative estimate of drug-likeness (QED) is 0.506. The molecule has 0 aliphatic carbocycles. The van der Waals surface area contributed by atoms with E-state index in [0.717, 1.165) is 16.9 Å². The highest BCUT2D eigenvalue weighted by atomic mass is 16.6. The van der Waals surface area contributed by atoms with E-state index in [-0.39, 0.29) is 17.9 Å². The number of amides is 2. The van der Waals surface area contributed by atoms with Crippen LogP contribution in [-0.2, 0) is 4.74 Å². The number of methoxy groups -OCH3 is 1. The van der Waals surface area contributed by atoms with Crippen LogP contribution in [0.3, 0.4) is 0 Å². The number of piperidine rings is 1. The summed E-state index contributed by atoms with van der Waals surface area (Å²) in [4.78, 5) is 27.8. The molecule has 1 aliphatic rings. The minimum Gasteiger partial charge on any atom is -0.495 e. The van der Waals surface area contributed by atoms with Gasteiger partial charge < -0.3 is 19.7 Å². The topological polar surface area (TPSA) is 85.7 Å². The Hall–Kier alpha value is -3.81. The molecule has 0 atom stereocenters. The zero-order valence-electron chi connectivity index (χ0n) is 21.6. The smallest absolute Gasteiger partial charge is 0.410 e. The molecule has 1 fully saturated rings. The standard InChI is InChI=1S/C28H34N4O4/c1-19-10-12-21(13-11-19)32-25(20-14-16-31(17-15-20)27(34)36-28(2,3)4)22(18-29-32)26(33)30-23-8-6-7-9-24(23)35-5/h6-13,18,20H,14-17H2,1-5H3,(H,30,33). The van der Waals surface area contributed by atoms with Crippen LogP contribution in [0.25, 0.3) is 5.69 Å². The summed E-state index contributed by atoms with van der Waals surface area (Å²) in [7, 11) is 1.57. The SMILES string of the molecule is COc1ccccc1NC(=O)c1cnn(-c2ccc(C)cc2)c1C1CCN(C(=O)OC(C)(C)C)CC1. The largest absolute Gasteiger partial charge is 0.495 e. The second kappa shape index (κ2) is 10.4. The molecule has 0 radical (unpaired) electrons. The molecule has 36 heavy (non-hydrogen) atoms. The van der Waals surface area contributed by atoms with E-state index in [9.17, 15) is 9.59 Å². The highest BCUT2D eigenvalue weighted by Crippen LogP contribution is 2.34. The molecule has 2 heterocycles. The zero-order chi connectivity index (χ0) is 25.9. The van der Waals surface area contributed by atoms with Gasteiger partial charge in [0.15, 0.2) is 0 Å². The van der Waals surface area contributed by atoms with Crippen LogP contribution in [0.1, 0.15) is 61.1 Å². The van der Waals surface area contributed by atoms with Crippen molar-refractivity contribution < 1.29 is 19.1 Å². The van der Waals surface area contributed by atoms with Gasteiger partial charge in [0.05, 0.1) is 35.9 Å². The molecule has 0 spiro atoms. The van der Waals surface area contributed by atoms with Crippen molar-refractivity contribution in [2.45, 2.75) is 52.1 Å². The summed E-state index contributed by atoms with van der Waals surface area (Å²) in [5, 5.41) is 7.60. The zero-order valence-corrected chi connectivity index (χ0v) is 21.6. The molecule has 4 rings (SSSR count). The maximum Gasteiger partial charge on any atom is 0.410 e. The summed E-state index contributed by atoms with van der Waals surface area (Å²) in [6.45, 7) is 8.73. The van der Waals surface area contributed by atoms with Gasteiger partial charge in [-0.3, -0.25) is 4.79 Å². The molecule has 0 unspecified atom stereocenters. The number of nitrogens with one attached hydrogen (secondary N) is 1. The predicted octanol–water partition coefficient (Wildman–Crippen LogP) is 5.56. The lowest BCUT2D eigenvalue weighted by molar-refractivity contribution is 0.0203. The number of aromatic nitrogens is 2. The molecule has 3 aromatic rings. The van der Waals surface area contributed by atoms with Crippen molar-refractivity contribution in [3.8, 4) is 11.4 Å². The van der Waals surface area contributed by atoms with Gasteiger partial charge in [0, 0.05) is 19.0 Å². The number of anilines is 1. The summed E-state index contributed by atoms with van der Waals surface area (Å²) < 4.78 is 12.8. The Morgan fingerprint density at radius 3 is 2.33 bits per heavy atom. The maximum absolute atomic E-state index is 13.5. The lowest BCUT2D eigenvalue weighted by Crippen LogP contribution is -2.41. The maximum atomic E-state index is 13.5. The number of likely N-dealkylation sites (tertiary alicyclic amines) is 1. The molecule has 2 aromatic carbocycles. The first-order valence-electron chi connectivity index (χ1n) is 12.2. The van der Waals surface area contributed by atoms with Crippen molar-refractivity contribution in [2.24, 2.45) is 0 Å². The molecule has 190 valence electrons. The van der Waals surface area contributed by atoms with E-state index in [1.165, 1.54) is 0 Å². The van der Waals surface area contributed by atoms with Gasteiger partial charge in [0.25, 0.3) is 5.91 Å². The van der Waals surface area contributed by atoms with Crippen LogP contribution in [0.2, 0.25) is 0 Å². The van der Waals surface area contributed by atoms with Gasteiger partial charge in [0.1, 0.15) is 11.4 Å². The van der Waals surface area contributed by atoms with Crippen LogP contribution in [-0.4, -0.2) is 52.5 Å². The fourth-order valence-corrected chi connectivity index (χ4v) is 4.42. The lowest BCUT2D eigenvalue weighted by atomic mass is 9.90. The Labute approximate surface area is 212 Å². The Morgan fingerprint density at radius 2 is 1.69 bits per heavy atom. The van der Waals surface area contributed by atoms with E-state index in [0.29, 0.717) is 42.9 Å². The molecular formula is C28H34N4O4. The van der Waals surface area contributed by atoms with Gasteiger partial charge in [-0.15, -0.1) is 0 Å². The van der Waals surface area contributed by atoms with Gasteiger partial charge in [-0.1, -0.05) is 29.8 Å². The number of aryl methyl sites for hydroxylation is 1.